The van der Waals surface area contributed by atoms with Crippen LogP contribution in [0.15, 0.2) is 54.7 Å². The van der Waals surface area contributed by atoms with Crippen LogP contribution in [0.4, 0.5) is 10.1 Å². The number of anilines is 1. The van der Waals surface area contributed by atoms with E-state index in [1.165, 1.54) is 12.1 Å². The minimum Gasteiger partial charge on any atom is -0.497 e. The molecule has 4 heteroatoms. The van der Waals surface area contributed by atoms with Crippen LogP contribution in [0.1, 0.15) is 5.56 Å². The molecule has 3 nitrogen and oxygen atoms in total. The zero-order chi connectivity index (χ0) is 14.7. The maximum atomic E-state index is 12.9. The lowest BCUT2D eigenvalue weighted by Gasteiger charge is -2.10. The molecule has 0 atom stereocenters. The lowest BCUT2D eigenvalue weighted by atomic mass is 10.1. The topological polar surface area (TPSA) is 34.1 Å². The van der Waals surface area contributed by atoms with E-state index in [1.54, 1.807) is 25.4 Å². The Morgan fingerprint density at radius 2 is 1.90 bits per heavy atom. The molecule has 21 heavy (non-hydrogen) atoms. The van der Waals surface area contributed by atoms with Crippen LogP contribution in [0, 0.1) is 5.82 Å². The Morgan fingerprint density at radius 1 is 1.10 bits per heavy atom. The molecule has 3 aromatic rings. The van der Waals surface area contributed by atoms with E-state index in [2.05, 4.69) is 10.3 Å². The number of methoxy groups -OCH3 is 1. The summed E-state index contributed by atoms with van der Waals surface area (Å²) in [4.78, 5) is 4.34. The second-order valence-electron chi connectivity index (χ2n) is 4.72. The minimum absolute atomic E-state index is 0.224. The Bertz CT molecular complexity index is 756. The average molecular weight is 282 g/mol. The van der Waals surface area contributed by atoms with E-state index in [0.29, 0.717) is 6.54 Å². The van der Waals surface area contributed by atoms with Crippen LogP contribution in [0.5, 0.6) is 5.75 Å². The van der Waals surface area contributed by atoms with E-state index in [0.717, 1.165) is 27.9 Å². The number of hydrogen-bond acceptors (Lipinski definition) is 3. The number of ether oxygens (including phenoxy) is 1. The van der Waals surface area contributed by atoms with Gasteiger partial charge in [0.1, 0.15) is 11.6 Å². The van der Waals surface area contributed by atoms with Crippen molar-refractivity contribution in [1.82, 2.24) is 4.98 Å². The monoisotopic (exact) mass is 282 g/mol. The van der Waals surface area contributed by atoms with Gasteiger partial charge in [-0.25, -0.2) is 4.39 Å². The normalized spacial score (nSPS) is 10.6. The Labute approximate surface area is 122 Å². The smallest absolute Gasteiger partial charge is 0.123 e. The molecule has 1 heterocycles. The third kappa shape index (κ3) is 2.94. The molecule has 106 valence electrons. The maximum absolute atomic E-state index is 12.9. The average Bonchev–Trinajstić information content (AvgIpc) is 2.54. The highest BCUT2D eigenvalue weighted by atomic mass is 19.1. The third-order valence-electron chi connectivity index (χ3n) is 3.34. The third-order valence-corrected chi connectivity index (χ3v) is 3.34. The Kier molecular flexibility index (Phi) is 3.69. The summed E-state index contributed by atoms with van der Waals surface area (Å²) in [7, 11) is 1.64. The van der Waals surface area contributed by atoms with Crippen molar-refractivity contribution in [1.29, 1.82) is 0 Å². The molecule has 1 N–H and O–H groups in total. The summed E-state index contributed by atoms with van der Waals surface area (Å²) in [5, 5.41) is 4.36. The van der Waals surface area contributed by atoms with Crippen molar-refractivity contribution in [2.24, 2.45) is 0 Å². The predicted octanol–water partition coefficient (Wildman–Crippen LogP) is 3.99. The lowest BCUT2D eigenvalue weighted by molar-refractivity contribution is 0.415. The number of nitrogens with one attached hydrogen (secondary N) is 1. The molecule has 2 aromatic carbocycles. The van der Waals surface area contributed by atoms with Crippen molar-refractivity contribution < 1.29 is 9.13 Å². The number of aromatic nitrogens is 1. The Morgan fingerprint density at radius 3 is 2.67 bits per heavy atom. The second kappa shape index (κ2) is 5.79. The Hall–Kier alpha value is -2.62. The van der Waals surface area contributed by atoms with Crippen LogP contribution >= 0.6 is 0 Å². The van der Waals surface area contributed by atoms with E-state index < -0.39 is 0 Å². The molecule has 0 saturated heterocycles. The van der Waals surface area contributed by atoms with Gasteiger partial charge in [0.25, 0.3) is 0 Å². The summed E-state index contributed by atoms with van der Waals surface area (Å²) in [5.74, 6) is 0.568. The first-order chi connectivity index (χ1) is 10.3. The van der Waals surface area contributed by atoms with Gasteiger partial charge in [0, 0.05) is 23.8 Å². The molecule has 0 saturated carbocycles. The molecule has 0 fully saturated rings. The van der Waals surface area contributed by atoms with Crippen LogP contribution in [-0.2, 0) is 6.54 Å². The standard InChI is InChI=1S/C17H15FN2O/c1-21-14-6-7-16-15(10-14)17(8-9-19-16)20-11-12-2-4-13(18)5-3-12/h2-10H,11H2,1H3,(H,19,20). The van der Waals surface area contributed by atoms with Gasteiger partial charge in [-0.1, -0.05) is 12.1 Å². The van der Waals surface area contributed by atoms with E-state index in [1.807, 2.05) is 24.3 Å². The fourth-order valence-corrected chi connectivity index (χ4v) is 2.21. The fraction of sp³-hybridized carbons (Fsp3) is 0.118. The van der Waals surface area contributed by atoms with Crippen molar-refractivity contribution in [2.45, 2.75) is 6.54 Å². The largest absolute Gasteiger partial charge is 0.497 e. The van der Waals surface area contributed by atoms with Crippen LogP contribution < -0.4 is 10.1 Å². The molecule has 1 aromatic heterocycles. The molecular formula is C17H15FN2O. The van der Waals surface area contributed by atoms with Gasteiger partial charge in [-0.2, -0.15) is 0 Å². The molecule has 0 radical (unpaired) electrons. The van der Waals surface area contributed by atoms with Gasteiger partial charge in [0.15, 0.2) is 0 Å². The lowest BCUT2D eigenvalue weighted by Crippen LogP contribution is -2.00. The molecule has 0 spiro atoms. The number of benzene rings is 2. The number of rotatable bonds is 4. The van der Waals surface area contributed by atoms with Crippen molar-refractivity contribution in [2.75, 3.05) is 12.4 Å². The molecule has 0 unspecified atom stereocenters. The quantitative estimate of drug-likeness (QED) is 0.785. The van der Waals surface area contributed by atoms with Crippen molar-refractivity contribution in [3.05, 3.63) is 66.1 Å². The van der Waals surface area contributed by atoms with E-state index >= 15 is 0 Å². The Balaban J connectivity index is 1.87. The molecule has 0 amide bonds. The van der Waals surface area contributed by atoms with Gasteiger partial charge >= 0.3 is 0 Å². The fourth-order valence-electron chi connectivity index (χ4n) is 2.21. The molecular weight excluding hydrogens is 267 g/mol. The SMILES string of the molecule is COc1ccc2nccc(NCc3ccc(F)cc3)c2c1. The highest BCUT2D eigenvalue weighted by molar-refractivity contribution is 5.92. The number of fused-ring (bicyclic) bond motifs is 1. The number of halogens is 1. The van der Waals surface area contributed by atoms with Gasteiger partial charge in [0.05, 0.1) is 12.6 Å². The summed E-state index contributed by atoms with van der Waals surface area (Å²) in [6.07, 6.45) is 1.77. The summed E-state index contributed by atoms with van der Waals surface area (Å²) in [5.41, 5.74) is 2.90. The van der Waals surface area contributed by atoms with Crippen LogP contribution in [-0.4, -0.2) is 12.1 Å². The van der Waals surface area contributed by atoms with Crippen molar-refractivity contribution in [3.63, 3.8) is 0 Å². The molecule has 0 aliphatic heterocycles. The van der Waals surface area contributed by atoms with Crippen molar-refractivity contribution >= 4 is 16.6 Å². The predicted molar refractivity (Wildman–Crippen MR) is 82.0 cm³/mol. The van der Waals surface area contributed by atoms with Gasteiger partial charge in [-0.05, 0) is 42.0 Å². The highest BCUT2D eigenvalue weighted by Crippen LogP contribution is 2.26. The first-order valence-electron chi connectivity index (χ1n) is 6.67. The molecule has 0 aliphatic carbocycles. The van der Waals surface area contributed by atoms with Gasteiger partial charge in [-0.15, -0.1) is 0 Å². The second-order valence-corrected chi connectivity index (χ2v) is 4.72. The zero-order valence-electron chi connectivity index (χ0n) is 11.6. The number of hydrogen-bond donors (Lipinski definition) is 1. The molecule has 0 aliphatic rings. The van der Waals surface area contributed by atoms with E-state index in [-0.39, 0.29) is 5.82 Å². The maximum Gasteiger partial charge on any atom is 0.123 e. The number of nitrogens with zero attached hydrogens (tertiary/aromatic N) is 1. The summed E-state index contributed by atoms with van der Waals surface area (Å²) in [6, 6.07) is 14.2. The highest BCUT2D eigenvalue weighted by Gasteiger charge is 2.04. The van der Waals surface area contributed by atoms with Gasteiger partial charge < -0.3 is 10.1 Å². The van der Waals surface area contributed by atoms with Crippen LogP contribution in [0.2, 0.25) is 0 Å². The first kappa shape index (κ1) is 13.4. The zero-order valence-corrected chi connectivity index (χ0v) is 11.6. The van der Waals surface area contributed by atoms with E-state index in [9.17, 15) is 4.39 Å². The summed E-state index contributed by atoms with van der Waals surface area (Å²) >= 11 is 0. The van der Waals surface area contributed by atoms with Crippen LogP contribution in [0.25, 0.3) is 10.9 Å². The molecule has 3 rings (SSSR count). The van der Waals surface area contributed by atoms with Gasteiger partial charge in [0.2, 0.25) is 0 Å². The minimum atomic E-state index is -0.224. The first-order valence-corrected chi connectivity index (χ1v) is 6.67. The summed E-state index contributed by atoms with van der Waals surface area (Å²) < 4.78 is 18.2. The van der Waals surface area contributed by atoms with Gasteiger partial charge in [-0.3, -0.25) is 4.98 Å². The van der Waals surface area contributed by atoms with Crippen LogP contribution in [0.3, 0.4) is 0 Å². The van der Waals surface area contributed by atoms with Crippen molar-refractivity contribution in [3.8, 4) is 5.75 Å². The molecule has 0 bridgehead atoms. The summed E-state index contributed by atoms with van der Waals surface area (Å²) in [6.45, 7) is 0.622. The number of pyridine rings is 1. The van der Waals surface area contributed by atoms with E-state index in [4.69, 9.17) is 4.74 Å².